The first-order valence-corrected chi connectivity index (χ1v) is 8.91. The largest absolute Gasteiger partial charge is 0.316 e. The van der Waals surface area contributed by atoms with Crippen LogP contribution in [0.1, 0.15) is 11.4 Å². The summed E-state index contributed by atoms with van der Waals surface area (Å²) in [6.07, 6.45) is 0.865. The molecule has 0 saturated carbocycles. The van der Waals surface area contributed by atoms with Gasteiger partial charge in [0.25, 0.3) is 0 Å². The lowest BCUT2D eigenvalue weighted by molar-refractivity contribution is 0.582. The van der Waals surface area contributed by atoms with Crippen molar-refractivity contribution in [3.63, 3.8) is 0 Å². The van der Waals surface area contributed by atoms with Crippen molar-refractivity contribution in [2.75, 3.05) is 12.8 Å². The fourth-order valence-electron chi connectivity index (χ4n) is 2.13. The highest BCUT2D eigenvalue weighted by Crippen LogP contribution is 2.28. The molecule has 0 aliphatic heterocycles. The number of nitrogens with zero attached hydrogens (tertiary/aromatic N) is 2. The van der Waals surface area contributed by atoms with Crippen molar-refractivity contribution >= 4 is 39.3 Å². The number of hydrogen-bond acceptors (Lipinski definition) is 3. The molecule has 0 radical (unpaired) electrons. The molecule has 1 unspecified atom stereocenters. The highest BCUT2D eigenvalue weighted by atomic mass is 79.9. The highest BCUT2D eigenvalue weighted by Gasteiger charge is 2.16. The van der Waals surface area contributed by atoms with E-state index in [1.807, 2.05) is 43.5 Å². The van der Waals surface area contributed by atoms with Crippen LogP contribution in [0.2, 0.25) is 5.02 Å². The van der Waals surface area contributed by atoms with Gasteiger partial charge in [-0.2, -0.15) is 5.10 Å². The summed E-state index contributed by atoms with van der Waals surface area (Å²) in [5.74, 6) is 0.972. The molecule has 3 nitrogen and oxygen atoms in total. The monoisotopic (exact) mass is 387 g/mol. The van der Waals surface area contributed by atoms with E-state index in [-0.39, 0.29) is 0 Å². The van der Waals surface area contributed by atoms with Crippen LogP contribution >= 0.6 is 39.3 Å². The Hall–Kier alpha value is -0.490. The average molecular weight is 389 g/mol. The third-order valence-corrected chi connectivity index (χ3v) is 6.07. The van der Waals surface area contributed by atoms with Gasteiger partial charge < -0.3 is 5.32 Å². The summed E-state index contributed by atoms with van der Waals surface area (Å²) in [6, 6.07) is 8.63. The van der Waals surface area contributed by atoms with Gasteiger partial charge in [-0.05, 0) is 42.0 Å². The first kappa shape index (κ1) is 16.9. The van der Waals surface area contributed by atoms with E-state index in [9.17, 15) is 0 Å². The van der Waals surface area contributed by atoms with Gasteiger partial charge in [0.15, 0.2) is 0 Å². The Kier molecular flexibility index (Phi) is 6.17. The number of hydrogen-bond donors (Lipinski definition) is 1. The van der Waals surface area contributed by atoms with Crippen molar-refractivity contribution < 1.29 is 0 Å². The molecule has 0 spiro atoms. The van der Waals surface area contributed by atoms with Crippen molar-refractivity contribution in [3.05, 3.63) is 45.1 Å². The van der Waals surface area contributed by atoms with Crippen LogP contribution in [0.5, 0.6) is 0 Å². The first-order valence-electron chi connectivity index (χ1n) is 6.75. The van der Waals surface area contributed by atoms with Gasteiger partial charge in [-0.3, -0.25) is 4.68 Å². The minimum absolute atomic E-state index is 0.342. The number of aryl methyl sites for hydroxylation is 2. The zero-order valence-corrected chi connectivity index (χ0v) is 15.5. The van der Waals surface area contributed by atoms with Crippen LogP contribution in [0.25, 0.3) is 0 Å². The number of halogens is 2. The van der Waals surface area contributed by atoms with E-state index in [1.54, 1.807) is 0 Å². The molecule has 0 amide bonds. The maximum atomic E-state index is 6.33. The fraction of sp³-hybridized carbons (Fsp3) is 0.400. The van der Waals surface area contributed by atoms with E-state index >= 15 is 0 Å². The van der Waals surface area contributed by atoms with Crippen LogP contribution in [0.15, 0.2) is 33.6 Å². The lowest BCUT2D eigenvalue weighted by atomic mass is 10.2. The Morgan fingerprint density at radius 1 is 1.43 bits per heavy atom. The standard InChI is InChI=1S/C15H19BrClN3S/c1-10-15(17)13(20(3)19-10)8-11(18-2)9-21-14-7-5-4-6-12(14)16/h4-7,11,18H,8-9H2,1-3H3. The second-order valence-electron chi connectivity index (χ2n) is 4.90. The second-order valence-corrected chi connectivity index (χ2v) is 7.19. The van der Waals surface area contributed by atoms with Gasteiger partial charge in [0, 0.05) is 34.6 Å². The van der Waals surface area contributed by atoms with Crippen LogP contribution in [0.3, 0.4) is 0 Å². The number of rotatable bonds is 6. The van der Waals surface area contributed by atoms with Gasteiger partial charge in [0.2, 0.25) is 0 Å². The average Bonchev–Trinajstić information content (AvgIpc) is 2.70. The van der Waals surface area contributed by atoms with Crippen molar-refractivity contribution in [1.82, 2.24) is 15.1 Å². The maximum absolute atomic E-state index is 6.33. The van der Waals surface area contributed by atoms with Gasteiger partial charge in [0.1, 0.15) is 0 Å². The van der Waals surface area contributed by atoms with Gasteiger partial charge in [-0.15, -0.1) is 11.8 Å². The molecule has 0 saturated heterocycles. The van der Waals surface area contributed by atoms with Gasteiger partial charge in [-0.1, -0.05) is 23.7 Å². The number of thioether (sulfide) groups is 1. The minimum atomic E-state index is 0.342. The van der Waals surface area contributed by atoms with E-state index in [4.69, 9.17) is 11.6 Å². The Labute approximate surface area is 143 Å². The van der Waals surface area contributed by atoms with Gasteiger partial charge >= 0.3 is 0 Å². The summed E-state index contributed by atoms with van der Waals surface area (Å²) < 4.78 is 3.02. The van der Waals surface area contributed by atoms with Gasteiger partial charge in [-0.25, -0.2) is 0 Å². The molecule has 0 aliphatic carbocycles. The third kappa shape index (κ3) is 4.25. The minimum Gasteiger partial charge on any atom is -0.316 e. The zero-order valence-electron chi connectivity index (χ0n) is 12.4. The molecule has 1 heterocycles. The van der Waals surface area contributed by atoms with Crippen LogP contribution in [-0.2, 0) is 13.5 Å². The van der Waals surface area contributed by atoms with Crippen molar-refractivity contribution in [2.24, 2.45) is 7.05 Å². The maximum Gasteiger partial charge on any atom is 0.0847 e. The Balaban J connectivity index is 2.02. The lowest BCUT2D eigenvalue weighted by Crippen LogP contribution is -2.31. The third-order valence-electron chi connectivity index (χ3n) is 3.39. The molecule has 0 fully saturated rings. The number of nitrogens with one attached hydrogen (secondary N) is 1. The number of aromatic nitrogens is 2. The molecule has 1 aromatic carbocycles. The smallest absolute Gasteiger partial charge is 0.0847 e. The summed E-state index contributed by atoms with van der Waals surface area (Å²) in [6.45, 7) is 1.94. The molecular weight excluding hydrogens is 370 g/mol. The second kappa shape index (κ2) is 7.68. The van der Waals surface area contributed by atoms with Crippen molar-refractivity contribution in [2.45, 2.75) is 24.3 Å². The number of likely N-dealkylation sites (N-methyl/N-ethyl adjacent to an activating group) is 1. The predicted octanol–water partition coefficient (Wildman–Crippen LogP) is 4.07. The van der Waals surface area contributed by atoms with Crippen LogP contribution in [0.4, 0.5) is 0 Å². The van der Waals surface area contributed by atoms with E-state index < -0.39 is 0 Å². The Morgan fingerprint density at radius 3 is 2.71 bits per heavy atom. The molecule has 0 bridgehead atoms. The van der Waals surface area contributed by atoms with Gasteiger partial charge in [0.05, 0.1) is 16.4 Å². The molecule has 1 N–H and O–H groups in total. The molecule has 114 valence electrons. The topological polar surface area (TPSA) is 29.9 Å². The van der Waals surface area contributed by atoms with Crippen molar-refractivity contribution in [3.8, 4) is 0 Å². The molecule has 2 aromatic rings. The van der Waals surface area contributed by atoms with Crippen molar-refractivity contribution in [1.29, 1.82) is 0 Å². The van der Waals surface area contributed by atoms with Crippen LogP contribution in [0, 0.1) is 6.92 Å². The summed E-state index contributed by atoms with van der Waals surface area (Å²) in [7, 11) is 3.93. The molecule has 21 heavy (non-hydrogen) atoms. The normalized spacial score (nSPS) is 12.6. The molecule has 6 heteroatoms. The summed E-state index contributed by atoms with van der Waals surface area (Å²) >= 11 is 11.8. The summed E-state index contributed by atoms with van der Waals surface area (Å²) in [5.41, 5.74) is 1.98. The molecule has 0 aliphatic rings. The zero-order chi connectivity index (χ0) is 15.4. The molecular formula is C15H19BrClN3S. The predicted molar refractivity (Wildman–Crippen MR) is 94.4 cm³/mol. The molecule has 1 aromatic heterocycles. The van der Waals surface area contributed by atoms with E-state index in [0.29, 0.717) is 6.04 Å². The fourth-order valence-corrected chi connectivity index (χ4v) is 4.04. The first-order chi connectivity index (χ1) is 10.0. The van der Waals surface area contributed by atoms with E-state index in [2.05, 4.69) is 44.5 Å². The Morgan fingerprint density at radius 2 is 2.14 bits per heavy atom. The Bertz CT molecular complexity index is 615. The van der Waals surface area contributed by atoms with Crippen LogP contribution < -0.4 is 5.32 Å². The van der Waals surface area contributed by atoms with Crippen LogP contribution in [-0.4, -0.2) is 28.6 Å². The summed E-state index contributed by atoms with van der Waals surface area (Å²) in [4.78, 5) is 1.25. The quantitative estimate of drug-likeness (QED) is 0.757. The van der Waals surface area contributed by atoms with E-state index in [0.717, 1.165) is 33.1 Å². The highest BCUT2D eigenvalue weighted by molar-refractivity contribution is 9.10. The lowest BCUT2D eigenvalue weighted by Gasteiger charge is -2.16. The SMILES string of the molecule is CNC(CSc1ccccc1Br)Cc1c(Cl)c(C)nn1C. The molecule has 1 atom stereocenters. The van der Waals surface area contributed by atoms with E-state index in [1.165, 1.54) is 4.90 Å². The number of benzene rings is 1. The molecule has 2 rings (SSSR count). The summed E-state index contributed by atoms with van der Waals surface area (Å²) in [5, 5.41) is 8.52.